The van der Waals surface area contributed by atoms with Gasteiger partial charge >= 0.3 is 5.97 Å². The summed E-state index contributed by atoms with van der Waals surface area (Å²) in [6.07, 6.45) is -0.571. The van der Waals surface area contributed by atoms with Crippen LogP contribution in [0.1, 0.15) is 44.2 Å². The quantitative estimate of drug-likeness (QED) is 0.718. The average molecular weight is 290 g/mol. The van der Waals surface area contributed by atoms with Crippen molar-refractivity contribution in [2.75, 3.05) is 12.4 Å². The molecule has 2 aromatic rings. The largest absolute Gasteiger partial charge is 0.465 e. The van der Waals surface area contributed by atoms with Gasteiger partial charge in [-0.1, -0.05) is 0 Å². The lowest BCUT2D eigenvalue weighted by Crippen LogP contribution is -2.38. The minimum absolute atomic E-state index is 0.306. The Morgan fingerprint density at radius 1 is 1.38 bits per heavy atom. The van der Waals surface area contributed by atoms with Gasteiger partial charge in [0.1, 0.15) is 17.1 Å². The Labute approximate surface area is 119 Å². The molecule has 0 saturated heterocycles. The number of amides is 1. The molecule has 0 bridgehead atoms. The number of ether oxygens (including phenoxy) is 1. The van der Waals surface area contributed by atoms with E-state index in [1.54, 1.807) is 13.0 Å². The number of rotatable bonds is 2. The number of aromatic nitrogens is 2. The Hall–Kier alpha value is -2.77. The smallest absolute Gasteiger partial charge is 0.341 e. The molecule has 8 heteroatoms. The maximum atomic E-state index is 12.0. The second-order valence-corrected chi connectivity index (χ2v) is 4.73. The van der Waals surface area contributed by atoms with Gasteiger partial charge < -0.3 is 19.8 Å². The molecule has 3 heterocycles. The van der Waals surface area contributed by atoms with E-state index in [2.05, 4.69) is 25.6 Å². The van der Waals surface area contributed by atoms with Gasteiger partial charge in [-0.25, -0.2) is 4.79 Å². The van der Waals surface area contributed by atoms with Gasteiger partial charge in [-0.3, -0.25) is 9.89 Å². The van der Waals surface area contributed by atoms with Crippen LogP contribution in [0.4, 0.5) is 5.69 Å². The third-order valence-corrected chi connectivity index (χ3v) is 3.35. The predicted molar refractivity (Wildman–Crippen MR) is 71.9 cm³/mol. The standard InChI is InChI=1S/C13H14N4O4/c1-5-9-10(17-16-5)12(18)15-11(14-9)8-4-7(6(2)21-8)13(19)20-3/h4,11,14H,1-3H3,(H,15,18)(H,16,17)/t11-/m0/s1. The summed E-state index contributed by atoms with van der Waals surface area (Å²) in [5.74, 6) is 0.0618. The summed E-state index contributed by atoms with van der Waals surface area (Å²) in [7, 11) is 1.30. The number of aryl methyl sites for hydroxylation is 2. The van der Waals surface area contributed by atoms with Crippen LogP contribution in [0.15, 0.2) is 10.5 Å². The highest BCUT2D eigenvalue weighted by Gasteiger charge is 2.31. The van der Waals surface area contributed by atoms with Crippen molar-refractivity contribution in [3.63, 3.8) is 0 Å². The molecule has 0 spiro atoms. The van der Waals surface area contributed by atoms with Crippen LogP contribution in [-0.2, 0) is 4.74 Å². The van der Waals surface area contributed by atoms with E-state index in [9.17, 15) is 9.59 Å². The van der Waals surface area contributed by atoms with Gasteiger partial charge in [-0.15, -0.1) is 0 Å². The first kappa shape index (κ1) is 13.2. The second-order valence-electron chi connectivity index (χ2n) is 4.73. The molecule has 1 aliphatic rings. The third-order valence-electron chi connectivity index (χ3n) is 3.35. The predicted octanol–water partition coefficient (Wildman–Crippen LogP) is 1.26. The molecule has 0 aliphatic carbocycles. The van der Waals surface area contributed by atoms with E-state index in [0.29, 0.717) is 28.5 Å². The molecule has 1 amide bonds. The minimum atomic E-state index is -0.571. The summed E-state index contributed by atoms with van der Waals surface area (Å²) in [6, 6.07) is 1.56. The van der Waals surface area contributed by atoms with Crippen LogP contribution in [0, 0.1) is 13.8 Å². The number of hydrogen-bond acceptors (Lipinski definition) is 6. The summed E-state index contributed by atoms with van der Waals surface area (Å²) in [5, 5.41) is 12.5. The first-order valence-corrected chi connectivity index (χ1v) is 6.32. The lowest BCUT2D eigenvalue weighted by atomic mass is 10.2. The van der Waals surface area contributed by atoms with Gasteiger partial charge in [0.15, 0.2) is 11.9 Å². The van der Waals surface area contributed by atoms with E-state index < -0.39 is 12.1 Å². The molecule has 21 heavy (non-hydrogen) atoms. The number of nitrogens with one attached hydrogen (secondary N) is 3. The summed E-state index contributed by atoms with van der Waals surface area (Å²) < 4.78 is 10.2. The number of esters is 1. The van der Waals surface area contributed by atoms with Crippen molar-refractivity contribution in [2.24, 2.45) is 0 Å². The van der Waals surface area contributed by atoms with Crippen LogP contribution >= 0.6 is 0 Å². The zero-order valence-corrected chi connectivity index (χ0v) is 11.7. The fourth-order valence-corrected chi connectivity index (χ4v) is 2.25. The average Bonchev–Trinajstić information content (AvgIpc) is 3.02. The first-order valence-electron chi connectivity index (χ1n) is 6.32. The Kier molecular flexibility index (Phi) is 2.93. The fourth-order valence-electron chi connectivity index (χ4n) is 2.25. The molecule has 8 nitrogen and oxygen atoms in total. The van der Waals surface area contributed by atoms with Crippen molar-refractivity contribution < 1.29 is 18.7 Å². The van der Waals surface area contributed by atoms with E-state index in [0.717, 1.165) is 5.69 Å². The van der Waals surface area contributed by atoms with Gasteiger partial charge in [0.05, 0.1) is 18.5 Å². The number of hydrogen-bond donors (Lipinski definition) is 3. The van der Waals surface area contributed by atoms with Crippen LogP contribution in [0.25, 0.3) is 0 Å². The van der Waals surface area contributed by atoms with Gasteiger partial charge in [0, 0.05) is 0 Å². The molecular weight excluding hydrogens is 276 g/mol. The molecule has 1 aliphatic heterocycles. The monoisotopic (exact) mass is 290 g/mol. The lowest BCUT2D eigenvalue weighted by molar-refractivity contribution is 0.0598. The maximum absolute atomic E-state index is 12.0. The van der Waals surface area contributed by atoms with E-state index in [-0.39, 0.29) is 5.91 Å². The molecule has 3 N–H and O–H groups in total. The molecule has 0 unspecified atom stereocenters. The van der Waals surface area contributed by atoms with Crippen molar-refractivity contribution in [3.05, 3.63) is 34.5 Å². The van der Waals surface area contributed by atoms with E-state index in [1.165, 1.54) is 7.11 Å². The summed E-state index contributed by atoms with van der Waals surface area (Å²) >= 11 is 0. The number of furan rings is 1. The minimum Gasteiger partial charge on any atom is -0.465 e. The molecule has 2 aromatic heterocycles. The number of nitrogens with zero attached hydrogens (tertiary/aromatic N) is 1. The number of fused-ring (bicyclic) bond motifs is 1. The van der Waals surface area contributed by atoms with Gasteiger partial charge in [0.2, 0.25) is 0 Å². The zero-order chi connectivity index (χ0) is 15.1. The van der Waals surface area contributed by atoms with Crippen LogP contribution < -0.4 is 10.6 Å². The van der Waals surface area contributed by atoms with Crippen molar-refractivity contribution in [3.8, 4) is 0 Å². The van der Waals surface area contributed by atoms with Crippen molar-refractivity contribution in [1.82, 2.24) is 15.5 Å². The molecule has 0 aromatic carbocycles. The molecule has 1 atom stereocenters. The summed E-state index contributed by atoms with van der Waals surface area (Å²) in [6.45, 7) is 3.47. The summed E-state index contributed by atoms with van der Waals surface area (Å²) in [5.41, 5.74) is 2.01. The molecule has 110 valence electrons. The SMILES string of the molecule is COC(=O)c1cc([C@@H]2NC(=O)c3n[nH]c(C)c3N2)oc1C. The van der Waals surface area contributed by atoms with E-state index in [1.807, 2.05) is 6.92 Å². The van der Waals surface area contributed by atoms with E-state index >= 15 is 0 Å². The Balaban J connectivity index is 1.94. The molecular formula is C13H14N4O4. The first-order chi connectivity index (χ1) is 10.0. The van der Waals surface area contributed by atoms with Crippen LogP contribution in [0.3, 0.4) is 0 Å². The third kappa shape index (κ3) is 2.04. The van der Waals surface area contributed by atoms with Crippen molar-refractivity contribution in [1.29, 1.82) is 0 Å². The highest BCUT2D eigenvalue weighted by molar-refractivity contribution is 6.00. The topological polar surface area (TPSA) is 109 Å². The van der Waals surface area contributed by atoms with Crippen LogP contribution in [-0.4, -0.2) is 29.2 Å². The number of aromatic amines is 1. The number of methoxy groups -OCH3 is 1. The van der Waals surface area contributed by atoms with Crippen molar-refractivity contribution >= 4 is 17.6 Å². The number of H-pyrrole nitrogens is 1. The van der Waals surface area contributed by atoms with Crippen molar-refractivity contribution in [2.45, 2.75) is 20.0 Å². The number of carbonyl (C=O) groups is 2. The maximum Gasteiger partial charge on any atom is 0.341 e. The lowest BCUT2D eigenvalue weighted by Gasteiger charge is -2.23. The Morgan fingerprint density at radius 2 is 2.14 bits per heavy atom. The summed E-state index contributed by atoms with van der Waals surface area (Å²) in [4.78, 5) is 23.6. The molecule has 0 fully saturated rings. The van der Waals surface area contributed by atoms with Gasteiger partial charge in [-0.2, -0.15) is 5.10 Å². The second kappa shape index (κ2) is 4.65. The fraction of sp³-hybridized carbons (Fsp3) is 0.308. The molecule has 0 saturated carbocycles. The number of anilines is 1. The van der Waals surface area contributed by atoms with Crippen LogP contribution in [0.5, 0.6) is 0 Å². The number of carbonyl (C=O) groups excluding carboxylic acids is 2. The van der Waals surface area contributed by atoms with Crippen LogP contribution in [0.2, 0.25) is 0 Å². The molecule has 3 rings (SSSR count). The highest BCUT2D eigenvalue weighted by Crippen LogP contribution is 2.29. The zero-order valence-electron chi connectivity index (χ0n) is 11.7. The van der Waals surface area contributed by atoms with Gasteiger partial charge in [0.25, 0.3) is 5.91 Å². The molecule has 0 radical (unpaired) electrons. The van der Waals surface area contributed by atoms with Gasteiger partial charge in [-0.05, 0) is 19.9 Å². The normalized spacial score (nSPS) is 16.9. The Bertz CT molecular complexity index is 731. The van der Waals surface area contributed by atoms with E-state index in [4.69, 9.17) is 4.42 Å². The Morgan fingerprint density at radius 3 is 2.86 bits per heavy atom. The highest BCUT2D eigenvalue weighted by atomic mass is 16.5.